The second-order valence-corrected chi connectivity index (χ2v) is 6.59. The van der Waals surface area contributed by atoms with Crippen LogP contribution >= 0.6 is 24.0 Å². The van der Waals surface area contributed by atoms with Crippen LogP contribution in [-0.2, 0) is 6.42 Å². The Kier molecular flexibility index (Phi) is 6.92. The van der Waals surface area contributed by atoms with Crippen LogP contribution in [0.2, 0.25) is 5.02 Å². The largest absolute Gasteiger partial charge is 0.389 e. The van der Waals surface area contributed by atoms with Crippen LogP contribution < -0.4 is 0 Å². The summed E-state index contributed by atoms with van der Waals surface area (Å²) in [6.07, 6.45) is 4.13. The number of hydrogen-bond acceptors (Lipinski definition) is 2. The summed E-state index contributed by atoms with van der Waals surface area (Å²) in [6.45, 7) is 0.822. The molecule has 1 aliphatic carbocycles. The molecule has 2 unspecified atom stereocenters. The summed E-state index contributed by atoms with van der Waals surface area (Å²) >= 11 is 6.10. The second kappa shape index (κ2) is 7.77. The van der Waals surface area contributed by atoms with Gasteiger partial charge in [-0.2, -0.15) is 0 Å². The molecule has 0 saturated heterocycles. The summed E-state index contributed by atoms with van der Waals surface area (Å²) in [6, 6.07) is 4.70. The van der Waals surface area contributed by atoms with Crippen LogP contribution in [0.1, 0.15) is 31.2 Å². The minimum absolute atomic E-state index is 0. The van der Waals surface area contributed by atoms with E-state index in [2.05, 4.69) is 4.90 Å². The molecule has 5 heteroatoms. The fraction of sp³-hybridized carbons (Fsp3) is 0.625. The topological polar surface area (TPSA) is 23.5 Å². The molecule has 0 amide bonds. The van der Waals surface area contributed by atoms with Crippen LogP contribution in [0.5, 0.6) is 0 Å². The van der Waals surface area contributed by atoms with Crippen molar-refractivity contribution in [3.63, 3.8) is 0 Å². The molecular weight excluding hydrogens is 312 g/mol. The Morgan fingerprint density at radius 3 is 2.71 bits per heavy atom. The van der Waals surface area contributed by atoms with E-state index >= 15 is 0 Å². The number of benzene rings is 1. The van der Waals surface area contributed by atoms with Gasteiger partial charge in [-0.15, -0.1) is 12.4 Å². The zero-order valence-electron chi connectivity index (χ0n) is 12.6. The van der Waals surface area contributed by atoms with Crippen molar-refractivity contribution in [1.29, 1.82) is 0 Å². The van der Waals surface area contributed by atoms with Crippen molar-refractivity contribution >= 4 is 24.0 Å². The van der Waals surface area contributed by atoms with Gasteiger partial charge in [-0.1, -0.05) is 30.5 Å². The molecule has 0 aliphatic heterocycles. The predicted octanol–water partition coefficient (Wildman–Crippen LogP) is 3.93. The number of aliphatic hydroxyl groups is 1. The van der Waals surface area contributed by atoms with Crippen LogP contribution in [-0.4, -0.2) is 36.2 Å². The summed E-state index contributed by atoms with van der Waals surface area (Å²) in [5.41, 5.74) is -0.406. The highest BCUT2D eigenvalue weighted by atomic mass is 35.5. The van der Waals surface area contributed by atoms with Crippen molar-refractivity contribution in [3.8, 4) is 0 Å². The fourth-order valence-electron chi connectivity index (χ4n) is 3.24. The highest BCUT2D eigenvalue weighted by Gasteiger charge is 2.39. The normalized spacial score (nSPS) is 25.7. The zero-order valence-corrected chi connectivity index (χ0v) is 14.2. The van der Waals surface area contributed by atoms with E-state index < -0.39 is 5.60 Å². The van der Waals surface area contributed by atoms with Crippen LogP contribution in [0.15, 0.2) is 18.2 Å². The van der Waals surface area contributed by atoms with E-state index in [1.807, 2.05) is 14.1 Å². The lowest BCUT2D eigenvalue weighted by molar-refractivity contribution is -0.0557. The van der Waals surface area contributed by atoms with Crippen molar-refractivity contribution in [2.75, 3.05) is 20.6 Å². The number of hydrogen-bond donors (Lipinski definition) is 1. The highest BCUT2D eigenvalue weighted by molar-refractivity contribution is 6.31. The molecule has 2 rings (SSSR count). The first-order valence-corrected chi connectivity index (χ1v) is 7.60. The number of nitrogens with zero attached hydrogens (tertiary/aromatic N) is 1. The van der Waals surface area contributed by atoms with E-state index in [1.165, 1.54) is 6.07 Å². The summed E-state index contributed by atoms with van der Waals surface area (Å²) < 4.78 is 14.0. The molecule has 1 saturated carbocycles. The molecule has 0 aromatic heterocycles. The minimum Gasteiger partial charge on any atom is -0.389 e. The van der Waals surface area contributed by atoms with Crippen molar-refractivity contribution in [2.45, 2.75) is 37.7 Å². The molecule has 1 fully saturated rings. The van der Waals surface area contributed by atoms with Gasteiger partial charge in [0.05, 0.1) is 5.60 Å². The molecule has 0 heterocycles. The standard InChI is InChI=1S/C16H23ClFNO.ClH/c1-19(2)11-12-6-3-4-9-16(12,20)10-13-14(17)7-5-8-15(13)18;/h5,7-8,12,20H,3-4,6,9-11H2,1-2H3;1H. The third-order valence-corrected chi connectivity index (χ3v) is 4.66. The molecule has 0 radical (unpaired) electrons. The van der Waals surface area contributed by atoms with Gasteiger partial charge in [0.15, 0.2) is 0 Å². The van der Waals surface area contributed by atoms with E-state index in [4.69, 9.17) is 11.6 Å². The van der Waals surface area contributed by atoms with Gasteiger partial charge in [0.25, 0.3) is 0 Å². The Morgan fingerprint density at radius 2 is 2.10 bits per heavy atom. The Labute approximate surface area is 137 Å². The van der Waals surface area contributed by atoms with E-state index in [9.17, 15) is 9.50 Å². The van der Waals surface area contributed by atoms with E-state index in [1.54, 1.807) is 12.1 Å². The summed E-state index contributed by atoms with van der Waals surface area (Å²) in [5, 5.41) is 11.4. The average molecular weight is 336 g/mol. The molecule has 120 valence electrons. The number of halogens is 3. The maximum absolute atomic E-state index is 14.0. The van der Waals surface area contributed by atoms with E-state index in [-0.39, 0.29) is 24.1 Å². The fourth-order valence-corrected chi connectivity index (χ4v) is 3.47. The summed E-state index contributed by atoms with van der Waals surface area (Å²) in [7, 11) is 4.01. The Balaban J connectivity index is 0.00000220. The molecule has 2 atom stereocenters. The Hall–Kier alpha value is -0.350. The SMILES string of the molecule is CN(C)CC1CCCCC1(O)Cc1c(F)cccc1Cl.Cl. The van der Waals surface area contributed by atoms with Crippen molar-refractivity contribution in [3.05, 3.63) is 34.6 Å². The van der Waals surface area contributed by atoms with Crippen LogP contribution in [0.25, 0.3) is 0 Å². The second-order valence-electron chi connectivity index (χ2n) is 6.19. The Bertz CT molecular complexity index is 449. The maximum atomic E-state index is 14.0. The van der Waals surface area contributed by atoms with Crippen molar-refractivity contribution in [1.82, 2.24) is 4.90 Å². The zero-order chi connectivity index (χ0) is 14.8. The van der Waals surface area contributed by atoms with Gasteiger partial charge in [-0.3, -0.25) is 0 Å². The van der Waals surface area contributed by atoms with Crippen molar-refractivity contribution < 1.29 is 9.50 Å². The van der Waals surface area contributed by atoms with Gasteiger partial charge in [0, 0.05) is 29.5 Å². The first-order chi connectivity index (χ1) is 9.42. The first-order valence-electron chi connectivity index (χ1n) is 7.22. The third-order valence-electron chi connectivity index (χ3n) is 4.30. The van der Waals surface area contributed by atoms with Gasteiger partial charge in [0.2, 0.25) is 0 Å². The van der Waals surface area contributed by atoms with E-state index in [0.29, 0.717) is 17.0 Å². The van der Waals surface area contributed by atoms with Crippen LogP contribution in [0.4, 0.5) is 4.39 Å². The van der Waals surface area contributed by atoms with Gasteiger partial charge in [-0.05, 0) is 39.1 Å². The van der Waals surface area contributed by atoms with Gasteiger partial charge in [-0.25, -0.2) is 4.39 Å². The van der Waals surface area contributed by atoms with Crippen molar-refractivity contribution in [2.24, 2.45) is 5.92 Å². The van der Waals surface area contributed by atoms with Gasteiger partial charge >= 0.3 is 0 Å². The molecule has 21 heavy (non-hydrogen) atoms. The molecule has 1 aliphatic rings. The van der Waals surface area contributed by atoms with Gasteiger partial charge in [0.1, 0.15) is 5.82 Å². The summed E-state index contributed by atoms with van der Waals surface area (Å²) in [4.78, 5) is 2.09. The smallest absolute Gasteiger partial charge is 0.127 e. The van der Waals surface area contributed by atoms with Gasteiger partial charge < -0.3 is 10.0 Å². The predicted molar refractivity (Wildman–Crippen MR) is 87.8 cm³/mol. The lowest BCUT2D eigenvalue weighted by Gasteiger charge is -2.41. The maximum Gasteiger partial charge on any atom is 0.127 e. The Morgan fingerprint density at radius 1 is 1.38 bits per heavy atom. The molecule has 2 nitrogen and oxygen atoms in total. The average Bonchev–Trinajstić information content (AvgIpc) is 2.37. The lowest BCUT2D eigenvalue weighted by Crippen LogP contribution is -2.47. The quantitative estimate of drug-likeness (QED) is 0.901. The third kappa shape index (κ3) is 4.56. The minimum atomic E-state index is -0.853. The molecule has 0 bridgehead atoms. The molecule has 0 spiro atoms. The van der Waals surface area contributed by atoms with Crippen LogP contribution in [0.3, 0.4) is 0 Å². The van der Waals surface area contributed by atoms with Crippen LogP contribution in [0, 0.1) is 11.7 Å². The molecular formula is C16H24Cl2FNO. The monoisotopic (exact) mass is 335 g/mol. The summed E-state index contributed by atoms with van der Waals surface area (Å²) in [5.74, 6) is -0.151. The highest BCUT2D eigenvalue weighted by Crippen LogP contribution is 2.38. The lowest BCUT2D eigenvalue weighted by atomic mass is 9.72. The molecule has 1 aromatic carbocycles. The molecule has 1 N–H and O–H groups in total. The molecule has 1 aromatic rings. The van der Waals surface area contributed by atoms with E-state index in [0.717, 1.165) is 32.2 Å². The number of rotatable bonds is 4. The first kappa shape index (κ1) is 18.7.